The van der Waals surface area contributed by atoms with Gasteiger partial charge in [0, 0.05) is 62.3 Å². The predicted octanol–water partition coefficient (Wildman–Crippen LogP) is 4.44. The van der Waals surface area contributed by atoms with E-state index in [1.54, 1.807) is 29.4 Å². The number of rotatable bonds is 4. The topological polar surface area (TPSA) is 89.2 Å². The molecule has 3 amide bonds. The molecule has 0 bridgehead atoms. The van der Waals surface area contributed by atoms with Gasteiger partial charge in [-0.05, 0) is 77.1 Å². The fraction of sp³-hybridized carbons (Fsp3) is 0.577. The average Bonchev–Trinajstić information content (AvgIpc) is 3.52. The molecular formula is C26H37N5O4S. The van der Waals surface area contributed by atoms with E-state index in [2.05, 4.69) is 22.9 Å². The highest BCUT2D eigenvalue weighted by atomic mass is 32.2. The number of H-pyrrole nitrogens is 1. The summed E-state index contributed by atoms with van der Waals surface area (Å²) in [5.41, 5.74) is 1.60. The summed E-state index contributed by atoms with van der Waals surface area (Å²) in [5.74, 6) is 0. The zero-order valence-electron chi connectivity index (χ0n) is 22.3. The van der Waals surface area contributed by atoms with Crippen LogP contribution in [-0.2, 0) is 4.74 Å². The van der Waals surface area contributed by atoms with Gasteiger partial charge >= 0.3 is 12.1 Å². The Morgan fingerprint density at radius 2 is 1.72 bits per heavy atom. The second kappa shape index (κ2) is 9.53. The number of nitrogens with one attached hydrogen (secondary N) is 1. The minimum absolute atomic E-state index is 0.00926. The Balaban J connectivity index is 1.69. The molecule has 1 saturated carbocycles. The van der Waals surface area contributed by atoms with E-state index in [1.165, 1.54) is 11.9 Å². The van der Waals surface area contributed by atoms with Crippen molar-refractivity contribution >= 4 is 40.7 Å². The number of amides is 3. The fourth-order valence-corrected chi connectivity index (χ4v) is 5.50. The van der Waals surface area contributed by atoms with E-state index in [1.807, 2.05) is 38.7 Å². The highest BCUT2D eigenvalue weighted by Gasteiger charge is 2.48. The minimum atomic E-state index is -0.596. The molecule has 2 heterocycles. The zero-order chi connectivity index (χ0) is 26.4. The lowest BCUT2D eigenvalue weighted by molar-refractivity contribution is 0.0349. The van der Waals surface area contributed by atoms with Crippen molar-refractivity contribution in [3.63, 3.8) is 0 Å². The molecule has 4 rings (SSSR count). The molecule has 10 heteroatoms. The molecule has 1 aliphatic heterocycles. The van der Waals surface area contributed by atoms with Gasteiger partial charge in [0.1, 0.15) is 5.60 Å². The van der Waals surface area contributed by atoms with Crippen molar-refractivity contribution in [3.8, 4) is 0 Å². The molecule has 0 spiro atoms. The number of anilines is 1. The summed E-state index contributed by atoms with van der Waals surface area (Å²) < 4.78 is 7.46. The number of nitrogens with zero attached hydrogens (tertiary/aromatic N) is 4. The summed E-state index contributed by atoms with van der Waals surface area (Å²) in [5, 5.41) is 0.979. The summed E-state index contributed by atoms with van der Waals surface area (Å²) in [6.07, 6.45) is 1.47. The number of aryl methyl sites for hydroxylation is 1. The summed E-state index contributed by atoms with van der Waals surface area (Å²) in [7, 11) is 3.53. The van der Waals surface area contributed by atoms with Crippen LogP contribution in [0.5, 0.6) is 0 Å². The number of ether oxygens (including phenoxy) is 1. The minimum Gasteiger partial charge on any atom is -0.443 e. The average molecular weight is 516 g/mol. The highest BCUT2D eigenvalue weighted by Crippen LogP contribution is 2.48. The van der Waals surface area contributed by atoms with Crippen LogP contribution >= 0.6 is 11.9 Å². The van der Waals surface area contributed by atoms with Gasteiger partial charge in [0.15, 0.2) is 0 Å². The molecule has 0 atom stereocenters. The number of benzene rings is 1. The van der Waals surface area contributed by atoms with Crippen LogP contribution in [0.1, 0.15) is 46.1 Å². The standard InChI is InChI=1S/C26H37N5O4S/c1-17-14-21(32)27-19-15-18(36-31(26(5)8-9-26)24(34)35-25(2,3)4)16-20(22(17)19)29-10-12-30(13-11-29)23(33)28(6)7/h14-16H,8-13H2,1-7H3,(H,27,32). The smallest absolute Gasteiger partial charge is 0.421 e. The Kier molecular flexibility index (Phi) is 6.94. The number of carbonyl (C=O) groups excluding carboxylic acids is 2. The molecule has 9 nitrogen and oxygen atoms in total. The SMILES string of the molecule is Cc1cc(=O)[nH]c2cc(SN(C(=O)OC(C)(C)C)C3(C)CC3)cc(N3CCN(C(=O)N(C)C)CC3)c12. The quantitative estimate of drug-likeness (QED) is 0.606. The van der Waals surface area contributed by atoms with Crippen molar-refractivity contribution in [1.82, 2.24) is 19.1 Å². The van der Waals surface area contributed by atoms with E-state index in [0.717, 1.165) is 39.9 Å². The first-order valence-corrected chi connectivity index (χ1v) is 13.1. The van der Waals surface area contributed by atoms with Crippen molar-refractivity contribution in [2.45, 2.75) is 63.5 Å². The van der Waals surface area contributed by atoms with Crippen molar-refractivity contribution in [2.24, 2.45) is 0 Å². The molecule has 36 heavy (non-hydrogen) atoms. The van der Waals surface area contributed by atoms with E-state index in [0.29, 0.717) is 26.2 Å². The maximum absolute atomic E-state index is 13.1. The normalized spacial score (nSPS) is 17.2. The van der Waals surface area contributed by atoms with E-state index in [9.17, 15) is 14.4 Å². The van der Waals surface area contributed by atoms with E-state index < -0.39 is 5.60 Å². The van der Waals surface area contributed by atoms with E-state index in [4.69, 9.17) is 4.74 Å². The molecule has 1 N–H and O–H groups in total. The molecule has 2 fully saturated rings. The first-order valence-electron chi connectivity index (χ1n) is 12.4. The van der Waals surface area contributed by atoms with Gasteiger partial charge in [-0.2, -0.15) is 0 Å². The van der Waals surface area contributed by atoms with Gasteiger partial charge in [0.2, 0.25) is 5.56 Å². The lowest BCUT2D eigenvalue weighted by atomic mass is 10.1. The Bertz CT molecular complexity index is 1220. The number of urea groups is 1. The molecular weight excluding hydrogens is 478 g/mol. The summed E-state index contributed by atoms with van der Waals surface area (Å²) in [6, 6.07) is 5.65. The van der Waals surface area contributed by atoms with Crippen LogP contribution in [-0.4, -0.2) is 82.6 Å². The number of aromatic amines is 1. The van der Waals surface area contributed by atoms with Crippen molar-refractivity contribution in [3.05, 3.63) is 34.1 Å². The van der Waals surface area contributed by atoms with Crippen LogP contribution in [0.25, 0.3) is 10.9 Å². The lowest BCUT2D eigenvalue weighted by Crippen LogP contribution is -2.51. The van der Waals surface area contributed by atoms with Gasteiger partial charge in [0.25, 0.3) is 0 Å². The number of carbonyl (C=O) groups is 2. The second-order valence-corrected chi connectivity index (χ2v) is 12.2. The number of piperazine rings is 1. The van der Waals surface area contributed by atoms with E-state index >= 15 is 0 Å². The van der Waals surface area contributed by atoms with Gasteiger partial charge in [-0.3, -0.25) is 4.79 Å². The summed E-state index contributed by atoms with van der Waals surface area (Å²) >= 11 is 1.36. The van der Waals surface area contributed by atoms with Crippen LogP contribution in [0.3, 0.4) is 0 Å². The molecule has 196 valence electrons. The van der Waals surface area contributed by atoms with Crippen LogP contribution < -0.4 is 10.5 Å². The first-order chi connectivity index (χ1) is 16.8. The largest absolute Gasteiger partial charge is 0.443 e. The molecule has 0 unspecified atom stereocenters. The van der Waals surface area contributed by atoms with Crippen LogP contribution in [0.15, 0.2) is 27.9 Å². The number of hydrogen-bond donors (Lipinski definition) is 1. The van der Waals surface area contributed by atoms with Crippen LogP contribution in [0.4, 0.5) is 15.3 Å². The molecule has 2 aromatic rings. The number of aromatic nitrogens is 1. The third-order valence-electron chi connectivity index (χ3n) is 6.58. The Morgan fingerprint density at radius 1 is 1.08 bits per heavy atom. The Morgan fingerprint density at radius 3 is 2.28 bits per heavy atom. The van der Waals surface area contributed by atoms with Gasteiger partial charge in [-0.15, -0.1) is 0 Å². The summed E-state index contributed by atoms with van der Waals surface area (Å²) in [6.45, 7) is 12.2. The second-order valence-electron chi connectivity index (χ2n) is 11.2. The third kappa shape index (κ3) is 5.58. The zero-order valence-corrected chi connectivity index (χ0v) is 23.1. The Labute approximate surface area is 216 Å². The third-order valence-corrected chi connectivity index (χ3v) is 7.80. The maximum atomic E-state index is 13.1. The van der Waals surface area contributed by atoms with E-state index in [-0.39, 0.29) is 23.2 Å². The van der Waals surface area contributed by atoms with Crippen molar-refractivity contribution in [1.29, 1.82) is 0 Å². The van der Waals surface area contributed by atoms with Crippen molar-refractivity contribution in [2.75, 3.05) is 45.2 Å². The van der Waals surface area contributed by atoms with Crippen LogP contribution in [0, 0.1) is 6.92 Å². The van der Waals surface area contributed by atoms with Crippen molar-refractivity contribution < 1.29 is 14.3 Å². The molecule has 1 saturated heterocycles. The van der Waals surface area contributed by atoms with Gasteiger partial charge in [0.05, 0.1) is 11.1 Å². The molecule has 2 aliphatic rings. The van der Waals surface area contributed by atoms with Gasteiger partial charge in [-0.25, -0.2) is 13.9 Å². The molecule has 1 aromatic heterocycles. The van der Waals surface area contributed by atoms with Gasteiger partial charge in [-0.1, -0.05) is 0 Å². The Hall–Kier alpha value is -2.88. The molecule has 0 radical (unpaired) electrons. The monoisotopic (exact) mass is 515 g/mol. The number of fused-ring (bicyclic) bond motifs is 1. The molecule has 1 aliphatic carbocycles. The molecule has 1 aromatic carbocycles. The fourth-order valence-electron chi connectivity index (χ4n) is 4.44. The number of hydrogen-bond acceptors (Lipinski definition) is 6. The predicted molar refractivity (Wildman–Crippen MR) is 144 cm³/mol. The van der Waals surface area contributed by atoms with Crippen LogP contribution in [0.2, 0.25) is 0 Å². The highest BCUT2D eigenvalue weighted by molar-refractivity contribution is 7.97. The summed E-state index contributed by atoms with van der Waals surface area (Å²) in [4.78, 5) is 47.4. The van der Waals surface area contributed by atoms with Gasteiger partial charge < -0.3 is 24.4 Å². The first kappa shape index (κ1) is 26.2. The lowest BCUT2D eigenvalue weighted by Gasteiger charge is -2.38. The number of pyridine rings is 1. The maximum Gasteiger partial charge on any atom is 0.421 e.